The Hall–Kier alpha value is -3.00. The standard InChI is InChI=1S/C21H21N3O4S.C2H6/c1-23-17-11-15(27-3)8-9-16(17)22-19(23)12-28-14-6-4-13(5-7-14)10-18-20(25)24(2)21(26)29-18;1-2/h4-9,11,18H,10,12H2,1-3H3;1-2H3. The number of methoxy groups -OCH3 is 1. The number of hydrogen-bond donors (Lipinski definition) is 0. The van der Waals surface area contributed by atoms with Crippen molar-refractivity contribution in [1.29, 1.82) is 0 Å². The largest absolute Gasteiger partial charge is 0.497 e. The van der Waals surface area contributed by atoms with E-state index in [-0.39, 0.29) is 16.4 Å². The molecule has 0 N–H and O–H groups in total. The average molecular weight is 442 g/mol. The fraction of sp³-hybridized carbons (Fsp3) is 0.348. The number of imidazole rings is 1. The molecule has 0 saturated carbocycles. The summed E-state index contributed by atoms with van der Waals surface area (Å²) < 4.78 is 13.2. The Labute approximate surface area is 186 Å². The van der Waals surface area contributed by atoms with Crippen LogP contribution < -0.4 is 9.47 Å². The van der Waals surface area contributed by atoms with E-state index < -0.39 is 0 Å². The maximum absolute atomic E-state index is 12.0. The van der Waals surface area contributed by atoms with Crippen molar-refractivity contribution in [1.82, 2.24) is 14.5 Å². The molecule has 3 aromatic rings. The van der Waals surface area contributed by atoms with Gasteiger partial charge >= 0.3 is 0 Å². The zero-order valence-corrected chi connectivity index (χ0v) is 19.2. The number of benzene rings is 2. The van der Waals surface area contributed by atoms with Gasteiger partial charge in [0.2, 0.25) is 5.91 Å². The summed E-state index contributed by atoms with van der Waals surface area (Å²) in [5, 5.41) is -0.545. The van der Waals surface area contributed by atoms with E-state index in [1.165, 1.54) is 11.9 Å². The third-order valence-corrected chi connectivity index (χ3v) is 6.14. The first-order valence-corrected chi connectivity index (χ1v) is 11.0. The van der Waals surface area contributed by atoms with Crippen LogP contribution in [0.5, 0.6) is 11.5 Å². The number of nitrogens with zero attached hydrogens (tertiary/aromatic N) is 3. The zero-order valence-electron chi connectivity index (χ0n) is 18.4. The molecule has 0 bridgehead atoms. The highest BCUT2D eigenvalue weighted by Crippen LogP contribution is 2.29. The monoisotopic (exact) mass is 441 g/mol. The highest BCUT2D eigenvalue weighted by Gasteiger charge is 2.36. The molecule has 4 rings (SSSR count). The van der Waals surface area contributed by atoms with E-state index in [0.29, 0.717) is 13.0 Å². The average Bonchev–Trinajstić information content (AvgIpc) is 3.24. The summed E-state index contributed by atoms with van der Waals surface area (Å²) in [6.07, 6.45) is 0.520. The molecule has 0 radical (unpaired) electrons. The molecule has 1 aliphatic heterocycles. The molecule has 7 nitrogen and oxygen atoms in total. The van der Waals surface area contributed by atoms with Crippen LogP contribution in [0, 0.1) is 0 Å². The van der Waals surface area contributed by atoms with Crippen molar-refractivity contribution in [3.05, 3.63) is 53.9 Å². The molecule has 1 unspecified atom stereocenters. The van der Waals surface area contributed by atoms with E-state index in [2.05, 4.69) is 4.98 Å². The second-order valence-corrected chi connectivity index (χ2v) is 8.00. The highest BCUT2D eigenvalue weighted by molar-refractivity contribution is 8.15. The van der Waals surface area contributed by atoms with Crippen molar-refractivity contribution < 1.29 is 19.1 Å². The number of ether oxygens (including phenoxy) is 2. The lowest BCUT2D eigenvalue weighted by Crippen LogP contribution is -2.28. The van der Waals surface area contributed by atoms with Crippen LogP contribution in [-0.4, -0.2) is 45.0 Å². The molecule has 164 valence electrons. The van der Waals surface area contributed by atoms with Crippen LogP contribution >= 0.6 is 11.8 Å². The molecule has 2 aromatic carbocycles. The topological polar surface area (TPSA) is 73.7 Å². The number of hydrogen-bond acceptors (Lipinski definition) is 6. The van der Waals surface area contributed by atoms with Crippen LogP contribution in [0.3, 0.4) is 0 Å². The van der Waals surface area contributed by atoms with E-state index in [0.717, 1.165) is 45.7 Å². The fourth-order valence-corrected chi connectivity index (χ4v) is 4.27. The van der Waals surface area contributed by atoms with Crippen LogP contribution in [-0.2, 0) is 24.9 Å². The van der Waals surface area contributed by atoms with Crippen LogP contribution in [0.4, 0.5) is 4.79 Å². The van der Waals surface area contributed by atoms with Crippen LogP contribution in [0.2, 0.25) is 0 Å². The van der Waals surface area contributed by atoms with E-state index in [4.69, 9.17) is 9.47 Å². The Bertz CT molecular complexity index is 1080. The van der Waals surface area contributed by atoms with Crippen molar-refractivity contribution in [2.24, 2.45) is 7.05 Å². The Kier molecular flexibility index (Phi) is 7.22. The van der Waals surface area contributed by atoms with Gasteiger partial charge in [0.1, 0.15) is 23.9 Å². The van der Waals surface area contributed by atoms with Crippen molar-refractivity contribution >= 4 is 33.9 Å². The van der Waals surface area contributed by atoms with Crippen molar-refractivity contribution in [3.8, 4) is 11.5 Å². The Morgan fingerprint density at radius 2 is 1.71 bits per heavy atom. The van der Waals surface area contributed by atoms with Crippen molar-refractivity contribution in [3.63, 3.8) is 0 Å². The van der Waals surface area contributed by atoms with Gasteiger partial charge in [0, 0.05) is 20.2 Å². The molecule has 1 fully saturated rings. The number of aromatic nitrogens is 2. The second kappa shape index (κ2) is 9.87. The molecule has 0 spiro atoms. The molecule has 31 heavy (non-hydrogen) atoms. The van der Waals surface area contributed by atoms with E-state index >= 15 is 0 Å². The molecule has 1 atom stereocenters. The summed E-state index contributed by atoms with van der Waals surface area (Å²) in [4.78, 5) is 29.5. The molecular formula is C23H27N3O4S. The van der Waals surface area contributed by atoms with Crippen LogP contribution in [0.15, 0.2) is 42.5 Å². The quantitative estimate of drug-likeness (QED) is 0.564. The van der Waals surface area contributed by atoms with E-state index in [9.17, 15) is 9.59 Å². The number of rotatable bonds is 6. The molecule has 0 aliphatic carbocycles. The van der Waals surface area contributed by atoms with Crippen molar-refractivity contribution in [2.45, 2.75) is 32.1 Å². The second-order valence-electron chi connectivity index (χ2n) is 6.85. The van der Waals surface area contributed by atoms with Gasteiger partial charge in [0.15, 0.2) is 0 Å². The fourth-order valence-electron chi connectivity index (χ4n) is 3.25. The van der Waals surface area contributed by atoms with Crippen LogP contribution in [0.1, 0.15) is 25.2 Å². The number of carbonyl (C=O) groups is 2. The van der Waals surface area contributed by atoms with Gasteiger partial charge in [0.25, 0.3) is 5.24 Å². The summed E-state index contributed by atoms with van der Waals surface area (Å²) in [5.74, 6) is 2.18. The summed E-state index contributed by atoms with van der Waals surface area (Å²) in [5.41, 5.74) is 2.86. The zero-order chi connectivity index (χ0) is 22.5. The van der Waals surface area contributed by atoms with Gasteiger partial charge in [-0.05, 0) is 36.2 Å². The molecule has 8 heteroatoms. The van der Waals surface area contributed by atoms with Gasteiger partial charge in [0.05, 0.1) is 23.4 Å². The molecule has 2 amide bonds. The van der Waals surface area contributed by atoms with E-state index in [1.807, 2.05) is 67.9 Å². The van der Waals surface area contributed by atoms with Crippen molar-refractivity contribution in [2.75, 3.05) is 14.2 Å². The normalized spacial score (nSPS) is 15.8. The molecule has 1 saturated heterocycles. The number of thioether (sulfide) groups is 1. The van der Waals surface area contributed by atoms with Gasteiger partial charge in [-0.3, -0.25) is 14.5 Å². The van der Waals surface area contributed by atoms with E-state index in [1.54, 1.807) is 7.11 Å². The third-order valence-electron chi connectivity index (χ3n) is 5.02. The predicted molar refractivity (Wildman–Crippen MR) is 123 cm³/mol. The van der Waals surface area contributed by atoms with Gasteiger partial charge in [-0.1, -0.05) is 37.7 Å². The first-order chi connectivity index (χ1) is 15.0. The summed E-state index contributed by atoms with van der Waals surface area (Å²) >= 11 is 1.08. The van der Waals surface area contributed by atoms with Gasteiger partial charge in [-0.15, -0.1) is 0 Å². The summed E-state index contributed by atoms with van der Waals surface area (Å²) in [6, 6.07) is 13.4. The first-order valence-electron chi connectivity index (χ1n) is 10.2. The van der Waals surface area contributed by atoms with Gasteiger partial charge in [-0.2, -0.15) is 0 Å². The number of fused-ring (bicyclic) bond motifs is 1. The maximum atomic E-state index is 12.0. The predicted octanol–water partition coefficient (Wildman–Crippen LogP) is 4.42. The highest BCUT2D eigenvalue weighted by atomic mass is 32.2. The number of imide groups is 1. The molecule has 1 aliphatic rings. The van der Waals surface area contributed by atoms with Gasteiger partial charge in [-0.25, -0.2) is 4.98 Å². The number of carbonyl (C=O) groups excluding carboxylic acids is 2. The minimum atomic E-state index is -0.351. The van der Waals surface area contributed by atoms with Crippen LogP contribution in [0.25, 0.3) is 11.0 Å². The summed E-state index contributed by atoms with van der Waals surface area (Å²) in [6.45, 7) is 4.34. The lowest BCUT2D eigenvalue weighted by molar-refractivity contribution is -0.125. The molecule has 1 aromatic heterocycles. The minimum Gasteiger partial charge on any atom is -0.497 e. The smallest absolute Gasteiger partial charge is 0.288 e. The van der Waals surface area contributed by atoms with Gasteiger partial charge < -0.3 is 14.0 Å². The lowest BCUT2D eigenvalue weighted by Gasteiger charge is -2.09. The lowest BCUT2D eigenvalue weighted by atomic mass is 10.1. The number of amides is 2. The minimum absolute atomic E-state index is 0.140. The Balaban J connectivity index is 0.00000132. The third kappa shape index (κ3) is 4.85. The number of aryl methyl sites for hydroxylation is 1. The summed E-state index contributed by atoms with van der Waals surface area (Å²) in [7, 11) is 5.11. The first kappa shape index (κ1) is 22.7. The molecular weight excluding hydrogens is 414 g/mol. The Morgan fingerprint density at radius 3 is 2.32 bits per heavy atom. The maximum Gasteiger partial charge on any atom is 0.288 e. The Morgan fingerprint density at radius 1 is 1.03 bits per heavy atom. The molecule has 2 heterocycles. The SMILES string of the molecule is CC.COc1ccc2nc(COc3ccc(CC4SC(=O)N(C)C4=O)cc3)n(C)c2c1.